The van der Waals surface area contributed by atoms with Crippen LogP contribution in [-0.4, -0.2) is 47.8 Å². The second-order valence-corrected chi connectivity index (χ2v) is 7.91. The van der Waals surface area contributed by atoms with Crippen molar-refractivity contribution in [3.63, 3.8) is 0 Å². The zero-order chi connectivity index (χ0) is 20.4. The van der Waals surface area contributed by atoms with E-state index in [9.17, 15) is 9.59 Å². The molecule has 2 aliphatic rings. The molecule has 6 heteroatoms. The number of rotatable bonds is 5. The van der Waals surface area contributed by atoms with Crippen molar-refractivity contribution in [1.82, 2.24) is 4.90 Å². The standard InChI is InChI=1S/C23H26N2O4/c24-21(22(26)27)13-15-9-11-25(12-10-15)23(28)29-14-20-18-7-3-1-5-16(18)17-6-2-4-8-19(17)20/h1-8,15,20-21H,9-14,24H2,(H,26,27)/t21-/m0/s1. The third-order valence-corrected chi connectivity index (χ3v) is 6.11. The monoisotopic (exact) mass is 394 g/mol. The van der Waals surface area contributed by atoms with Crippen molar-refractivity contribution >= 4 is 12.1 Å². The number of amides is 1. The molecule has 1 saturated heterocycles. The molecule has 0 spiro atoms. The fraction of sp³-hybridized carbons (Fsp3) is 0.391. The Balaban J connectivity index is 1.35. The van der Waals surface area contributed by atoms with Crippen LogP contribution >= 0.6 is 0 Å². The molecule has 3 N–H and O–H groups in total. The van der Waals surface area contributed by atoms with E-state index in [1.165, 1.54) is 22.3 Å². The maximum absolute atomic E-state index is 12.6. The van der Waals surface area contributed by atoms with Gasteiger partial charge in [-0.2, -0.15) is 0 Å². The quantitative estimate of drug-likeness (QED) is 0.810. The molecule has 29 heavy (non-hydrogen) atoms. The highest BCUT2D eigenvalue weighted by atomic mass is 16.6. The summed E-state index contributed by atoms with van der Waals surface area (Å²) in [6, 6.07) is 15.7. The number of hydrogen-bond acceptors (Lipinski definition) is 4. The van der Waals surface area contributed by atoms with Crippen LogP contribution in [0.15, 0.2) is 48.5 Å². The highest BCUT2D eigenvalue weighted by Crippen LogP contribution is 2.44. The summed E-state index contributed by atoms with van der Waals surface area (Å²) in [5.74, 6) is -0.680. The molecule has 1 aliphatic heterocycles. The highest BCUT2D eigenvalue weighted by Gasteiger charge is 2.31. The number of carboxylic acid groups (broad SMARTS) is 1. The van der Waals surface area contributed by atoms with E-state index in [0.29, 0.717) is 26.1 Å². The van der Waals surface area contributed by atoms with Gasteiger partial charge in [-0.05, 0) is 47.4 Å². The van der Waals surface area contributed by atoms with Gasteiger partial charge in [0.25, 0.3) is 0 Å². The second-order valence-electron chi connectivity index (χ2n) is 7.91. The SMILES string of the molecule is N[C@@H](CC1CCN(C(=O)OCC2c3ccccc3-c3ccccc32)CC1)C(=O)O. The number of nitrogens with zero attached hydrogens (tertiary/aromatic N) is 1. The molecule has 1 heterocycles. The first-order valence-corrected chi connectivity index (χ1v) is 10.1. The van der Waals surface area contributed by atoms with Crippen LogP contribution in [-0.2, 0) is 9.53 Å². The number of carbonyl (C=O) groups excluding carboxylic acids is 1. The Morgan fingerprint density at radius 3 is 2.14 bits per heavy atom. The normalized spacial score (nSPS) is 17.5. The first-order valence-electron chi connectivity index (χ1n) is 10.1. The molecule has 2 aromatic rings. The number of carbonyl (C=O) groups is 2. The van der Waals surface area contributed by atoms with Crippen molar-refractivity contribution in [3.8, 4) is 11.1 Å². The van der Waals surface area contributed by atoms with Gasteiger partial charge in [-0.25, -0.2) is 4.79 Å². The van der Waals surface area contributed by atoms with Crippen molar-refractivity contribution in [1.29, 1.82) is 0 Å². The minimum atomic E-state index is -0.969. The summed E-state index contributed by atoms with van der Waals surface area (Å²) in [6.07, 6.45) is 1.66. The molecule has 2 aromatic carbocycles. The molecular weight excluding hydrogens is 368 g/mol. The van der Waals surface area contributed by atoms with Crippen LogP contribution in [0.2, 0.25) is 0 Å². The molecule has 152 valence electrons. The lowest BCUT2D eigenvalue weighted by molar-refractivity contribution is -0.139. The maximum atomic E-state index is 12.6. The number of benzene rings is 2. The van der Waals surface area contributed by atoms with Crippen LogP contribution in [0.25, 0.3) is 11.1 Å². The van der Waals surface area contributed by atoms with Crippen molar-refractivity contribution < 1.29 is 19.4 Å². The lowest BCUT2D eigenvalue weighted by atomic mass is 9.90. The number of carboxylic acids is 1. The topological polar surface area (TPSA) is 92.9 Å². The molecule has 0 unspecified atom stereocenters. The third kappa shape index (κ3) is 3.98. The Morgan fingerprint density at radius 1 is 1.03 bits per heavy atom. The van der Waals surface area contributed by atoms with Gasteiger partial charge < -0.3 is 20.5 Å². The van der Waals surface area contributed by atoms with Gasteiger partial charge in [-0.15, -0.1) is 0 Å². The summed E-state index contributed by atoms with van der Waals surface area (Å²) in [4.78, 5) is 25.2. The first-order chi connectivity index (χ1) is 14.0. The summed E-state index contributed by atoms with van der Waals surface area (Å²) >= 11 is 0. The lowest BCUT2D eigenvalue weighted by Gasteiger charge is -2.32. The number of piperidine rings is 1. The van der Waals surface area contributed by atoms with Crippen LogP contribution in [0.5, 0.6) is 0 Å². The Morgan fingerprint density at radius 2 is 1.59 bits per heavy atom. The van der Waals surface area contributed by atoms with E-state index >= 15 is 0 Å². The molecule has 6 nitrogen and oxygen atoms in total. The van der Waals surface area contributed by atoms with Gasteiger partial charge in [-0.1, -0.05) is 48.5 Å². The predicted molar refractivity (Wildman–Crippen MR) is 110 cm³/mol. The van der Waals surface area contributed by atoms with Crippen LogP contribution in [0.3, 0.4) is 0 Å². The number of aliphatic carboxylic acids is 1. The van der Waals surface area contributed by atoms with Gasteiger partial charge in [0, 0.05) is 19.0 Å². The average molecular weight is 394 g/mol. The second kappa shape index (κ2) is 8.25. The van der Waals surface area contributed by atoms with Gasteiger partial charge in [0.1, 0.15) is 12.6 Å². The largest absolute Gasteiger partial charge is 0.480 e. The molecule has 0 bridgehead atoms. The van der Waals surface area contributed by atoms with E-state index in [-0.39, 0.29) is 17.9 Å². The van der Waals surface area contributed by atoms with Gasteiger partial charge in [-0.3, -0.25) is 4.79 Å². The van der Waals surface area contributed by atoms with Gasteiger partial charge in [0.15, 0.2) is 0 Å². The number of fused-ring (bicyclic) bond motifs is 3. The summed E-state index contributed by atoms with van der Waals surface area (Å²) in [5.41, 5.74) is 10.4. The van der Waals surface area contributed by atoms with Crippen LogP contribution in [0.1, 0.15) is 36.3 Å². The van der Waals surface area contributed by atoms with Crippen molar-refractivity contribution in [2.24, 2.45) is 11.7 Å². The van der Waals surface area contributed by atoms with Gasteiger partial charge in [0.05, 0.1) is 0 Å². The average Bonchev–Trinajstić information content (AvgIpc) is 3.06. The van der Waals surface area contributed by atoms with Crippen molar-refractivity contribution in [3.05, 3.63) is 59.7 Å². The summed E-state index contributed by atoms with van der Waals surface area (Å²) < 4.78 is 5.70. The number of ether oxygens (including phenoxy) is 1. The number of hydrogen-bond donors (Lipinski definition) is 2. The van der Waals surface area contributed by atoms with E-state index < -0.39 is 12.0 Å². The van der Waals surface area contributed by atoms with Crippen molar-refractivity contribution in [2.45, 2.75) is 31.2 Å². The Labute approximate surface area is 170 Å². The zero-order valence-corrected chi connectivity index (χ0v) is 16.3. The van der Waals surface area contributed by atoms with Crippen LogP contribution in [0.4, 0.5) is 4.79 Å². The van der Waals surface area contributed by atoms with Crippen LogP contribution < -0.4 is 5.73 Å². The molecular formula is C23H26N2O4. The number of likely N-dealkylation sites (tertiary alicyclic amines) is 1. The fourth-order valence-corrected chi connectivity index (χ4v) is 4.50. The molecule has 0 radical (unpaired) electrons. The Bertz CT molecular complexity index is 860. The zero-order valence-electron chi connectivity index (χ0n) is 16.3. The molecule has 1 atom stereocenters. The smallest absolute Gasteiger partial charge is 0.409 e. The Hall–Kier alpha value is -2.86. The van der Waals surface area contributed by atoms with E-state index in [1.54, 1.807) is 4.90 Å². The molecule has 0 aromatic heterocycles. The summed E-state index contributed by atoms with van der Waals surface area (Å²) in [7, 11) is 0. The first kappa shape index (κ1) is 19.5. The van der Waals surface area contributed by atoms with E-state index in [4.69, 9.17) is 15.6 Å². The Kier molecular flexibility index (Phi) is 5.53. The minimum absolute atomic E-state index is 0.0532. The minimum Gasteiger partial charge on any atom is -0.480 e. The molecule has 1 amide bonds. The molecule has 1 aliphatic carbocycles. The van der Waals surface area contributed by atoms with E-state index in [0.717, 1.165) is 12.8 Å². The fourth-order valence-electron chi connectivity index (χ4n) is 4.50. The third-order valence-electron chi connectivity index (χ3n) is 6.11. The molecule has 0 saturated carbocycles. The summed E-state index contributed by atoms with van der Waals surface area (Å²) in [5, 5.41) is 8.96. The van der Waals surface area contributed by atoms with Gasteiger partial charge >= 0.3 is 12.1 Å². The highest BCUT2D eigenvalue weighted by molar-refractivity contribution is 5.79. The molecule has 1 fully saturated rings. The summed E-state index contributed by atoms with van der Waals surface area (Å²) in [6.45, 7) is 1.47. The van der Waals surface area contributed by atoms with E-state index in [1.807, 2.05) is 24.3 Å². The number of nitrogens with two attached hydrogens (primary N) is 1. The maximum Gasteiger partial charge on any atom is 0.409 e. The van der Waals surface area contributed by atoms with Gasteiger partial charge in [0.2, 0.25) is 0 Å². The predicted octanol–water partition coefficient (Wildman–Crippen LogP) is 3.45. The van der Waals surface area contributed by atoms with E-state index in [2.05, 4.69) is 24.3 Å². The molecule has 4 rings (SSSR count). The van der Waals surface area contributed by atoms with Crippen molar-refractivity contribution in [2.75, 3.05) is 19.7 Å². The lowest BCUT2D eigenvalue weighted by Crippen LogP contribution is -2.41. The van der Waals surface area contributed by atoms with Crippen LogP contribution in [0, 0.1) is 5.92 Å².